The van der Waals surface area contributed by atoms with Gasteiger partial charge in [-0.15, -0.1) is 0 Å². The van der Waals surface area contributed by atoms with E-state index in [1.807, 2.05) is 37.3 Å². The Kier molecular flexibility index (Phi) is 6.24. The number of ether oxygens (including phenoxy) is 2. The predicted molar refractivity (Wildman–Crippen MR) is 116 cm³/mol. The van der Waals surface area contributed by atoms with Crippen molar-refractivity contribution in [3.63, 3.8) is 0 Å². The first-order valence-corrected chi connectivity index (χ1v) is 10.3. The summed E-state index contributed by atoms with van der Waals surface area (Å²) < 4.78 is 13.9. The SMILES string of the molecule is CCn1cnc2c1c(=O)n(CC(=O)NNC(=O)C1=COCCO1)c(=O)n2Cc1ccccc1. The fourth-order valence-corrected chi connectivity index (χ4v) is 3.39. The Morgan fingerprint density at radius 2 is 1.88 bits per heavy atom. The molecule has 1 aliphatic rings. The van der Waals surface area contributed by atoms with Crippen molar-refractivity contribution in [1.29, 1.82) is 0 Å². The van der Waals surface area contributed by atoms with Gasteiger partial charge in [0.1, 0.15) is 26.0 Å². The quantitative estimate of drug-likeness (QED) is 0.477. The fraction of sp³-hybridized carbons (Fsp3) is 0.286. The minimum Gasteiger partial charge on any atom is -0.494 e. The van der Waals surface area contributed by atoms with Crippen molar-refractivity contribution in [1.82, 2.24) is 29.5 Å². The number of rotatable bonds is 6. The summed E-state index contributed by atoms with van der Waals surface area (Å²) in [5.41, 5.74) is 4.29. The molecule has 0 spiro atoms. The van der Waals surface area contributed by atoms with Crippen molar-refractivity contribution in [3.05, 3.63) is 75.1 Å². The van der Waals surface area contributed by atoms with Crippen LogP contribution in [0.2, 0.25) is 0 Å². The minimum absolute atomic E-state index is 0.0998. The molecule has 3 heterocycles. The summed E-state index contributed by atoms with van der Waals surface area (Å²) in [5.74, 6) is -1.60. The van der Waals surface area contributed by atoms with Crippen LogP contribution in [-0.4, -0.2) is 43.7 Å². The highest BCUT2D eigenvalue weighted by Crippen LogP contribution is 2.09. The van der Waals surface area contributed by atoms with Crippen molar-refractivity contribution in [2.45, 2.75) is 26.6 Å². The molecule has 1 aliphatic heterocycles. The van der Waals surface area contributed by atoms with E-state index >= 15 is 0 Å². The molecule has 12 heteroatoms. The molecular weight excluding hydrogens is 432 g/mol. The number of nitrogens with one attached hydrogen (secondary N) is 2. The average Bonchev–Trinajstić information content (AvgIpc) is 3.28. The summed E-state index contributed by atoms with van der Waals surface area (Å²) >= 11 is 0. The largest absolute Gasteiger partial charge is 0.494 e. The van der Waals surface area contributed by atoms with Crippen LogP contribution in [0.25, 0.3) is 11.2 Å². The second kappa shape index (κ2) is 9.42. The smallest absolute Gasteiger partial charge is 0.333 e. The summed E-state index contributed by atoms with van der Waals surface area (Å²) in [7, 11) is 0. The zero-order valence-electron chi connectivity index (χ0n) is 17.8. The van der Waals surface area contributed by atoms with Crippen LogP contribution in [0.15, 0.2) is 58.3 Å². The van der Waals surface area contributed by atoms with Crippen molar-refractivity contribution in [3.8, 4) is 0 Å². The maximum atomic E-state index is 13.2. The first-order valence-electron chi connectivity index (χ1n) is 10.3. The molecular formula is C21H22N6O6. The molecule has 2 aromatic heterocycles. The Balaban J connectivity index is 1.63. The summed E-state index contributed by atoms with van der Waals surface area (Å²) in [6.07, 6.45) is 2.62. The molecule has 12 nitrogen and oxygen atoms in total. The van der Waals surface area contributed by atoms with Gasteiger partial charge in [-0.1, -0.05) is 30.3 Å². The van der Waals surface area contributed by atoms with Gasteiger partial charge in [-0.3, -0.25) is 29.8 Å². The number of hydrogen-bond donors (Lipinski definition) is 2. The molecule has 1 aromatic carbocycles. The molecule has 172 valence electrons. The van der Waals surface area contributed by atoms with E-state index in [2.05, 4.69) is 15.8 Å². The number of aryl methyl sites for hydroxylation is 1. The first-order chi connectivity index (χ1) is 16.0. The summed E-state index contributed by atoms with van der Waals surface area (Å²) in [5, 5.41) is 0. The van der Waals surface area contributed by atoms with Gasteiger partial charge < -0.3 is 14.0 Å². The number of amides is 2. The Morgan fingerprint density at radius 1 is 1.09 bits per heavy atom. The summed E-state index contributed by atoms with van der Waals surface area (Å²) in [4.78, 5) is 55.0. The summed E-state index contributed by atoms with van der Waals surface area (Å²) in [6, 6.07) is 9.22. The average molecular weight is 454 g/mol. The maximum Gasteiger partial charge on any atom is 0.333 e. The Labute approximate surface area is 187 Å². The molecule has 0 aliphatic carbocycles. The standard InChI is InChI=1S/C21H22N6O6/c1-2-25-13-22-18-17(25)20(30)27(21(31)26(18)10-14-6-4-3-5-7-14)11-16(28)23-24-19(29)15-12-32-8-9-33-15/h3-7,12-13H,2,8-11H2,1H3,(H,23,28)(H,24,29). The molecule has 3 aromatic rings. The third-order valence-corrected chi connectivity index (χ3v) is 5.00. The van der Waals surface area contributed by atoms with Crippen LogP contribution in [-0.2, 0) is 38.7 Å². The molecule has 0 atom stereocenters. The van der Waals surface area contributed by atoms with E-state index < -0.39 is 29.6 Å². The van der Waals surface area contributed by atoms with Crippen LogP contribution in [0, 0.1) is 0 Å². The second-order valence-corrected chi connectivity index (χ2v) is 7.15. The Morgan fingerprint density at radius 3 is 2.58 bits per heavy atom. The molecule has 0 radical (unpaired) electrons. The zero-order chi connectivity index (χ0) is 23.4. The van der Waals surface area contributed by atoms with E-state index in [-0.39, 0.29) is 30.1 Å². The van der Waals surface area contributed by atoms with E-state index in [0.717, 1.165) is 16.4 Å². The number of nitrogens with zero attached hydrogens (tertiary/aromatic N) is 4. The summed E-state index contributed by atoms with van der Waals surface area (Å²) in [6.45, 7) is 2.38. The van der Waals surface area contributed by atoms with E-state index in [4.69, 9.17) is 9.47 Å². The molecule has 33 heavy (non-hydrogen) atoms. The molecule has 2 amide bonds. The minimum atomic E-state index is -0.770. The predicted octanol–water partition coefficient (Wildman–Crippen LogP) is -0.536. The van der Waals surface area contributed by atoms with Crippen LogP contribution < -0.4 is 22.1 Å². The van der Waals surface area contributed by atoms with E-state index in [1.165, 1.54) is 10.9 Å². The lowest BCUT2D eigenvalue weighted by molar-refractivity contribution is -0.129. The van der Waals surface area contributed by atoms with Gasteiger partial charge in [0.05, 0.1) is 12.9 Å². The number of fused-ring (bicyclic) bond motifs is 1. The number of benzene rings is 1. The highest BCUT2D eigenvalue weighted by atomic mass is 16.6. The lowest BCUT2D eigenvalue weighted by atomic mass is 10.2. The highest BCUT2D eigenvalue weighted by molar-refractivity contribution is 5.92. The maximum absolute atomic E-state index is 13.2. The molecule has 2 N–H and O–H groups in total. The number of hydrogen-bond acceptors (Lipinski definition) is 7. The number of aromatic nitrogens is 4. The molecule has 0 bridgehead atoms. The number of carbonyl (C=O) groups excluding carboxylic acids is 2. The number of imidazole rings is 1. The normalized spacial score (nSPS) is 13.1. The Hall–Kier alpha value is -4.35. The van der Waals surface area contributed by atoms with Gasteiger partial charge in [-0.25, -0.2) is 14.3 Å². The number of carbonyl (C=O) groups is 2. The molecule has 0 fully saturated rings. The molecule has 0 saturated heterocycles. The van der Waals surface area contributed by atoms with Gasteiger partial charge in [0.2, 0.25) is 5.76 Å². The topological polar surface area (TPSA) is 138 Å². The highest BCUT2D eigenvalue weighted by Gasteiger charge is 2.20. The third-order valence-electron chi connectivity index (χ3n) is 5.00. The monoisotopic (exact) mass is 454 g/mol. The Bertz CT molecular complexity index is 1340. The van der Waals surface area contributed by atoms with Crippen LogP contribution in [0.3, 0.4) is 0 Å². The zero-order valence-corrected chi connectivity index (χ0v) is 17.8. The first kappa shape index (κ1) is 21.9. The van der Waals surface area contributed by atoms with Crippen LogP contribution in [0.1, 0.15) is 12.5 Å². The number of hydrazine groups is 1. The van der Waals surface area contributed by atoms with Gasteiger partial charge in [-0.05, 0) is 12.5 Å². The van der Waals surface area contributed by atoms with Gasteiger partial charge in [0.25, 0.3) is 11.5 Å². The third kappa shape index (κ3) is 4.49. The van der Waals surface area contributed by atoms with Crippen LogP contribution in [0.4, 0.5) is 0 Å². The van der Waals surface area contributed by atoms with Crippen molar-refractivity contribution >= 4 is 23.0 Å². The molecule has 4 rings (SSSR count). The lowest BCUT2D eigenvalue weighted by Crippen LogP contribution is -2.48. The second-order valence-electron chi connectivity index (χ2n) is 7.15. The van der Waals surface area contributed by atoms with Crippen molar-refractivity contribution < 1.29 is 19.1 Å². The molecule has 0 unspecified atom stereocenters. The van der Waals surface area contributed by atoms with E-state index in [0.29, 0.717) is 13.2 Å². The van der Waals surface area contributed by atoms with Gasteiger partial charge in [0, 0.05) is 6.54 Å². The van der Waals surface area contributed by atoms with Gasteiger partial charge in [-0.2, -0.15) is 0 Å². The van der Waals surface area contributed by atoms with E-state index in [9.17, 15) is 19.2 Å². The van der Waals surface area contributed by atoms with Gasteiger partial charge >= 0.3 is 11.6 Å². The van der Waals surface area contributed by atoms with Crippen molar-refractivity contribution in [2.75, 3.05) is 13.2 Å². The van der Waals surface area contributed by atoms with E-state index in [1.54, 1.807) is 4.57 Å². The lowest BCUT2D eigenvalue weighted by Gasteiger charge is -2.15. The van der Waals surface area contributed by atoms with Gasteiger partial charge in [0.15, 0.2) is 11.2 Å². The van der Waals surface area contributed by atoms with Crippen LogP contribution >= 0.6 is 0 Å². The van der Waals surface area contributed by atoms with Crippen molar-refractivity contribution in [2.24, 2.45) is 0 Å². The fourth-order valence-electron chi connectivity index (χ4n) is 3.39. The van der Waals surface area contributed by atoms with Crippen LogP contribution in [0.5, 0.6) is 0 Å². The molecule has 0 saturated carbocycles.